The highest BCUT2D eigenvalue weighted by Crippen LogP contribution is 2.22. The monoisotopic (exact) mass is 370 g/mol. The van der Waals surface area contributed by atoms with Crippen molar-refractivity contribution in [2.75, 3.05) is 26.8 Å². The molecule has 1 aliphatic rings. The van der Waals surface area contributed by atoms with Gasteiger partial charge in [0.25, 0.3) is 0 Å². The molecule has 2 amide bonds. The Morgan fingerprint density at radius 1 is 1.19 bits per heavy atom. The predicted molar refractivity (Wildman–Crippen MR) is 104 cm³/mol. The standard InChI is InChI=1S/C21H26N2O4/c1-3-27-21(25)23-10-4-5-18(14-23)20(24)22-13-15-6-7-17-12-19(26-2)9-8-16(17)11-15/h6-9,11-12,18H,3-5,10,13-14H2,1-2H3,(H,22,24). The largest absolute Gasteiger partial charge is 0.497 e. The van der Waals surface area contributed by atoms with Crippen LogP contribution in [0.15, 0.2) is 36.4 Å². The number of nitrogens with zero attached hydrogens (tertiary/aromatic N) is 1. The minimum atomic E-state index is -0.333. The zero-order chi connectivity index (χ0) is 19.2. The van der Waals surface area contributed by atoms with Gasteiger partial charge in [-0.05, 0) is 54.3 Å². The molecule has 0 radical (unpaired) electrons. The van der Waals surface area contributed by atoms with E-state index in [1.807, 2.05) is 30.3 Å². The molecule has 27 heavy (non-hydrogen) atoms. The van der Waals surface area contributed by atoms with Gasteiger partial charge in [0.1, 0.15) is 5.75 Å². The molecule has 6 heteroatoms. The summed E-state index contributed by atoms with van der Waals surface area (Å²) in [6.07, 6.45) is 1.27. The molecular formula is C21H26N2O4. The van der Waals surface area contributed by atoms with E-state index in [1.165, 1.54) is 0 Å². The van der Waals surface area contributed by atoms with Crippen LogP contribution >= 0.6 is 0 Å². The number of piperidine rings is 1. The van der Waals surface area contributed by atoms with Crippen molar-refractivity contribution in [2.24, 2.45) is 5.92 Å². The van der Waals surface area contributed by atoms with Gasteiger partial charge >= 0.3 is 6.09 Å². The van der Waals surface area contributed by atoms with Crippen LogP contribution in [0.2, 0.25) is 0 Å². The lowest BCUT2D eigenvalue weighted by Gasteiger charge is -2.31. The Kier molecular flexibility index (Phi) is 6.16. The molecule has 1 fully saturated rings. The average Bonchev–Trinajstić information content (AvgIpc) is 2.71. The molecule has 0 bridgehead atoms. The summed E-state index contributed by atoms with van der Waals surface area (Å²) in [5, 5.41) is 5.21. The number of rotatable bonds is 5. The Labute approximate surface area is 159 Å². The van der Waals surface area contributed by atoms with Gasteiger partial charge in [0.2, 0.25) is 5.91 Å². The number of ether oxygens (including phenoxy) is 2. The van der Waals surface area contributed by atoms with Crippen LogP contribution in [-0.2, 0) is 16.1 Å². The average molecular weight is 370 g/mol. The summed E-state index contributed by atoms with van der Waals surface area (Å²) >= 11 is 0. The number of hydrogen-bond donors (Lipinski definition) is 1. The van der Waals surface area contributed by atoms with Gasteiger partial charge in [-0.15, -0.1) is 0 Å². The summed E-state index contributed by atoms with van der Waals surface area (Å²) in [7, 11) is 1.65. The fourth-order valence-electron chi connectivity index (χ4n) is 3.42. The van der Waals surface area contributed by atoms with Crippen molar-refractivity contribution < 1.29 is 19.1 Å². The lowest BCUT2D eigenvalue weighted by Crippen LogP contribution is -2.45. The van der Waals surface area contributed by atoms with Crippen molar-refractivity contribution in [3.05, 3.63) is 42.0 Å². The topological polar surface area (TPSA) is 67.9 Å². The summed E-state index contributed by atoms with van der Waals surface area (Å²) in [6, 6.07) is 12.0. The zero-order valence-corrected chi connectivity index (χ0v) is 15.9. The van der Waals surface area contributed by atoms with Crippen molar-refractivity contribution in [1.82, 2.24) is 10.2 Å². The number of carbonyl (C=O) groups excluding carboxylic acids is 2. The zero-order valence-electron chi connectivity index (χ0n) is 15.9. The molecule has 0 saturated carbocycles. The smallest absolute Gasteiger partial charge is 0.409 e. The molecule has 0 aromatic heterocycles. The molecule has 2 aromatic carbocycles. The summed E-state index contributed by atoms with van der Waals surface area (Å²) in [5.74, 6) is 0.624. The maximum absolute atomic E-state index is 12.5. The van der Waals surface area contributed by atoms with Gasteiger partial charge in [0, 0.05) is 19.6 Å². The first kappa shape index (κ1) is 19.0. The van der Waals surface area contributed by atoms with E-state index in [2.05, 4.69) is 11.4 Å². The molecule has 2 aromatic rings. The van der Waals surface area contributed by atoms with Gasteiger partial charge < -0.3 is 19.7 Å². The number of methoxy groups -OCH3 is 1. The van der Waals surface area contributed by atoms with Crippen LogP contribution < -0.4 is 10.1 Å². The van der Waals surface area contributed by atoms with Crippen molar-refractivity contribution >= 4 is 22.8 Å². The Bertz CT molecular complexity index is 821. The molecule has 1 heterocycles. The molecule has 1 atom stereocenters. The normalized spacial score (nSPS) is 16.8. The fourth-order valence-corrected chi connectivity index (χ4v) is 3.42. The minimum absolute atomic E-state index is 0.0150. The first-order valence-electron chi connectivity index (χ1n) is 9.36. The van der Waals surface area contributed by atoms with E-state index in [4.69, 9.17) is 9.47 Å². The van der Waals surface area contributed by atoms with Crippen molar-refractivity contribution in [3.63, 3.8) is 0 Å². The van der Waals surface area contributed by atoms with Crippen LogP contribution in [0.5, 0.6) is 5.75 Å². The van der Waals surface area contributed by atoms with E-state index in [9.17, 15) is 9.59 Å². The van der Waals surface area contributed by atoms with Gasteiger partial charge in [-0.2, -0.15) is 0 Å². The first-order valence-corrected chi connectivity index (χ1v) is 9.36. The van der Waals surface area contributed by atoms with Gasteiger partial charge in [0.15, 0.2) is 0 Å². The van der Waals surface area contributed by atoms with Crippen molar-refractivity contribution in [1.29, 1.82) is 0 Å². The van der Waals surface area contributed by atoms with E-state index in [0.717, 1.165) is 34.9 Å². The number of amides is 2. The summed E-state index contributed by atoms with van der Waals surface area (Å²) < 4.78 is 10.3. The van der Waals surface area contributed by atoms with E-state index < -0.39 is 0 Å². The number of benzene rings is 2. The van der Waals surface area contributed by atoms with Crippen LogP contribution in [0.1, 0.15) is 25.3 Å². The summed E-state index contributed by atoms with van der Waals surface area (Å²) in [6.45, 7) is 3.67. The Morgan fingerprint density at radius 2 is 1.96 bits per heavy atom. The van der Waals surface area contributed by atoms with E-state index >= 15 is 0 Å². The molecule has 0 spiro atoms. The lowest BCUT2D eigenvalue weighted by atomic mass is 9.97. The maximum atomic E-state index is 12.5. The highest BCUT2D eigenvalue weighted by Gasteiger charge is 2.28. The van der Waals surface area contributed by atoms with Crippen LogP contribution in [0.25, 0.3) is 10.8 Å². The van der Waals surface area contributed by atoms with Crippen LogP contribution in [0.3, 0.4) is 0 Å². The van der Waals surface area contributed by atoms with Crippen LogP contribution in [0.4, 0.5) is 4.79 Å². The number of hydrogen-bond acceptors (Lipinski definition) is 4. The van der Waals surface area contributed by atoms with Crippen LogP contribution in [0, 0.1) is 5.92 Å². The third-order valence-electron chi connectivity index (χ3n) is 4.90. The minimum Gasteiger partial charge on any atom is -0.497 e. The molecule has 6 nitrogen and oxygen atoms in total. The Hall–Kier alpha value is -2.76. The van der Waals surface area contributed by atoms with Crippen LogP contribution in [-0.4, -0.2) is 43.7 Å². The SMILES string of the molecule is CCOC(=O)N1CCCC(C(=O)NCc2ccc3cc(OC)ccc3c2)C1. The summed E-state index contributed by atoms with van der Waals surface area (Å²) in [4.78, 5) is 26.0. The van der Waals surface area contributed by atoms with Gasteiger partial charge in [0.05, 0.1) is 19.6 Å². The van der Waals surface area contributed by atoms with E-state index in [0.29, 0.717) is 26.2 Å². The lowest BCUT2D eigenvalue weighted by molar-refractivity contribution is -0.126. The third-order valence-corrected chi connectivity index (χ3v) is 4.90. The van der Waals surface area contributed by atoms with Crippen molar-refractivity contribution in [2.45, 2.75) is 26.3 Å². The van der Waals surface area contributed by atoms with Crippen molar-refractivity contribution in [3.8, 4) is 5.75 Å². The Morgan fingerprint density at radius 3 is 2.74 bits per heavy atom. The molecule has 1 unspecified atom stereocenters. The van der Waals surface area contributed by atoms with Gasteiger partial charge in [-0.25, -0.2) is 4.79 Å². The van der Waals surface area contributed by atoms with E-state index in [1.54, 1.807) is 18.9 Å². The van der Waals surface area contributed by atoms with Gasteiger partial charge in [-0.3, -0.25) is 4.79 Å². The molecule has 1 aliphatic heterocycles. The molecule has 3 rings (SSSR count). The summed E-state index contributed by atoms with van der Waals surface area (Å²) in [5.41, 5.74) is 1.04. The first-order chi connectivity index (χ1) is 13.1. The maximum Gasteiger partial charge on any atom is 0.409 e. The molecule has 0 aliphatic carbocycles. The predicted octanol–water partition coefficient (Wildman–Crippen LogP) is 3.33. The second kappa shape index (κ2) is 8.75. The third kappa shape index (κ3) is 4.70. The molecule has 144 valence electrons. The highest BCUT2D eigenvalue weighted by atomic mass is 16.6. The van der Waals surface area contributed by atoms with E-state index in [-0.39, 0.29) is 17.9 Å². The quantitative estimate of drug-likeness (QED) is 0.877. The van der Waals surface area contributed by atoms with Gasteiger partial charge in [-0.1, -0.05) is 18.2 Å². The number of nitrogens with one attached hydrogen (secondary N) is 1. The Balaban J connectivity index is 1.58. The molecule has 1 N–H and O–H groups in total. The molecule has 1 saturated heterocycles. The number of carbonyl (C=O) groups is 2. The molecular weight excluding hydrogens is 344 g/mol. The number of fused-ring (bicyclic) bond motifs is 1. The fraction of sp³-hybridized carbons (Fsp3) is 0.429. The number of likely N-dealkylation sites (tertiary alicyclic amines) is 1. The second-order valence-electron chi connectivity index (χ2n) is 6.75. The second-order valence-corrected chi connectivity index (χ2v) is 6.75. The highest BCUT2D eigenvalue weighted by molar-refractivity contribution is 5.85.